The number of benzene rings is 2. The number of ether oxygens (including phenoxy) is 1. The van der Waals surface area contributed by atoms with Gasteiger partial charge in [-0.3, -0.25) is 4.79 Å². The van der Waals surface area contributed by atoms with E-state index in [-0.39, 0.29) is 11.9 Å². The normalized spacial score (nSPS) is 12.0. The van der Waals surface area contributed by atoms with Crippen molar-refractivity contribution < 1.29 is 9.53 Å². The van der Waals surface area contributed by atoms with E-state index in [4.69, 9.17) is 9.72 Å². The highest BCUT2D eigenvalue weighted by molar-refractivity contribution is 8.01. The van der Waals surface area contributed by atoms with Gasteiger partial charge in [0.05, 0.1) is 23.7 Å². The van der Waals surface area contributed by atoms with Crippen molar-refractivity contribution in [3.8, 4) is 5.75 Å². The van der Waals surface area contributed by atoms with Gasteiger partial charge in [0.25, 0.3) is 5.91 Å². The van der Waals surface area contributed by atoms with Crippen LogP contribution in [0, 0.1) is 6.92 Å². The number of nitrogens with one attached hydrogen (secondary N) is 1. The molecule has 0 unspecified atom stereocenters. The molecule has 0 aliphatic carbocycles. The Morgan fingerprint density at radius 2 is 1.94 bits per heavy atom. The molecule has 1 N–H and O–H groups in total. The number of aryl methyl sites for hydroxylation is 1. The van der Waals surface area contributed by atoms with Gasteiger partial charge in [0.1, 0.15) is 15.8 Å². The second-order valence-electron chi connectivity index (χ2n) is 7.68. The first-order valence-electron chi connectivity index (χ1n) is 10.9. The molecule has 33 heavy (non-hydrogen) atoms. The first-order chi connectivity index (χ1) is 16.0. The smallest absolute Gasteiger partial charge is 0.252 e. The van der Waals surface area contributed by atoms with E-state index in [1.54, 1.807) is 0 Å². The minimum Gasteiger partial charge on any atom is -0.494 e. The average molecular weight is 479 g/mol. The quantitative estimate of drug-likeness (QED) is 0.288. The number of hydrogen-bond acceptors (Lipinski definition) is 7. The summed E-state index contributed by atoms with van der Waals surface area (Å²) in [5.41, 5.74) is 2.38. The molecule has 4 rings (SSSR count). The van der Waals surface area contributed by atoms with Crippen molar-refractivity contribution in [2.45, 2.75) is 49.0 Å². The topological polar surface area (TPSA) is 77.0 Å². The zero-order valence-electron chi connectivity index (χ0n) is 18.9. The lowest BCUT2D eigenvalue weighted by Crippen LogP contribution is -2.27. The molecule has 170 valence electrons. The Balaban J connectivity index is 1.53. The van der Waals surface area contributed by atoms with E-state index in [0.29, 0.717) is 12.2 Å². The van der Waals surface area contributed by atoms with Crippen LogP contribution in [0.1, 0.15) is 53.7 Å². The summed E-state index contributed by atoms with van der Waals surface area (Å²) in [7, 11) is 0. The lowest BCUT2D eigenvalue weighted by Gasteiger charge is -2.16. The maximum absolute atomic E-state index is 13.3. The van der Waals surface area contributed by atoms with Crippen LogP contribution in [0.4, 0.5) is 0 Å². The van der Waals surface area contributed by atoms with Gasteiger partial charge in [-0.05, 0) is 61.9 Å². The van der Waals surface area contributed by atoms with Crippen molar-refractivity contribution in [3.63, 3.8) is 0 Å². The van der Waals surface area contributed by atoms with Crippen molar-refractivity contribution in [1.82, 2.24) is 20.5 Å². The first kappa shape index (κ1) is 23.2. The van der Waals surface area contributed by atoms with Gasteiger partial charge < -0.3 is 10.1 Å². The standard InChI is InChI=1S/C25H26N4O2S2/c1-4-5-14-31-19-12-10-18(11-13-19)16(2)26-24(30)21-15-23(33-25-29-28-17(3)32-25)27-22-9-7-6-8-20(21)22/h6-13,15-16H,4-5,14H2,1-3H3,(H,26,30)/t16-/m1/s1. The highest BCUT2D eigenvalue weighted by atomic mass is 32.2. The highest BCUT2D eigenvalue weighted by Crippen LogP contribution is 2.31. The molecule has 4 aromatic rings. The third kappa shape index (κ3) is 5.89. The van der Waals surface area contributed by atoms with Crippen LogP contribution in [0.2, 0.25) is 0 Å². The number of amides is 1. The fraction of sp³-hybridized carbons (Fsp3) is 0.280. The second kappa shape index (κ2) is 10.8. The largest absolute Gasteiger partial charge is 0.494 e. The second-order valence-corrected chi connectivity index (χ2v) is 10.1. The third-order valence-corrected chi connectivity index (χ3v) is 6.94. The minimum absolute atomic E-state index is 0.139. The van der Waals surface area contributed by atoms with Gasteiger partial charge in [0.15, 0.2) is 4.34 Å². The Hall–Kier alpha value is -2.97. The summed E-state index contributed by atoms with van der Waals surface area (Å²) < 4.78 is 6.54. The van der Waals surface area contributed by atoms with Crippen molar-refractivity contribution in [3.05, 3.63) is 70.7 Å². The van der Waals surface area contributed by atoms with E-state index < -0.39 is 0 Å². The molecule has 0 bridgehead atoms. The zero-order chi connectivity index (χ0) is 23.2. The number of unbranched alkanes of at least 4 members (excludes halogenated alkanes) is 1. The molecular weight excluding hydrogens is 452 g/mol. The van der Waals surface area contributed by atoms with Gasteiger partial charge in [-0.1, -0.05) is 55.0 Å². The predicted octanol–water partition coefficient (Wildman–Crippen LogP) is 6.22. The monoisotopic (exact) mass is 478 g/mol. The van der Waals surface area contributed by atoms with Crippen LogP contribution in [0.5, 0.6) is 5.75 Å². The molecule has 2 aromatic carbocycles. The van der Waals surface area contributed by atoms with E-state index in [0.717, 1.165) is 49.4 Å². The van der Waals surface area contributed by atoms with Crippen LogP contribution in [0.25, 0.3) is 10.9 Å². The lowest BCUT2D eigenvalue weighted by atomic mass is 10.1. The summed E-state index contributed by atoms with van der Waals surface area (Å²) in [6.07, 6.45) is 2.14. The molecule has 8 heteroatoms. The zero-order valence-corrected chi connectivity index (χ0v) is 20.5. The van der Waals surface area contributed by atoms with Crippen LogP contribution in [-0.4, -0.2) is 27.7 Å². The van der Waals surface area contributed by atoms with Crippen molar-refractivity contribution in [2.24, 2.45) is 0 Å². The number of carbonyl (C=O) groups excluding carboxylic acids is 1. The number of rotatable bonds is 9. The van der Waals surface area contributed by atoms with Crippen LogP contribution in [-0.2, 0) is 0 Å². The molecule has 0 saturated carbocycles. The van der Waals surface area contributed by atoms with E-state index in [1.165, 1.54) is 23.1 Å². The van der Waals surface area contributed by atoms with Crippen molar-refractivity contribution in [1.29, 1.82) is 0 Å². The van der Waals surface area contributed by atoms with Crippen molar-refractivity contribution in [2.75, 3.05) is 6.61 Å². The number of pyridine rings is 1. The molecule has 0 saturated heterocycles. The molecular formula is C25H26N4O2S2. The molecule has 2 heterocycles. The van der Waals surface area contributed by atoms with Gasteiger partial charge in [-0.2, -0.15) is 0 Å². The summed E-state index contributed by atoms with van der Waals surface area (Å²) in [5, 5.41) is 13.8. The number of nitrogens with zero attached hydrogens (tertiary/aromatic N) is 3. The van der Waals surface area contributed by atoms with Crippen LogP contribution >= 0.6 is 23.1 Å². The number of para-hydroxylation sites is 1. The molecule has 0 aliphatic heterocycles. The number of aromatic nitrogens is 3. The van der Waals surface area contributed by atoms with E-state index in [9.17, 15) is 4.79 Å². The predicted molar refractivity (Wildman–Crippen MR) is 133 cm³/mol. The maximum Gasteiger partial charge on any atom is 0.252 e. The molecule has 1 amide bonds. The van der Waals surface area contributed by atoms with Gasteiger partial charge in [0.2, 0.25) is 0 Å². The number of carbonyl (C=O) groups is 1. The average Bonchev–Trinajstić information content (AvgIpc) is 3.23. The van der Waals surface area contributed by atoms with Crippen LogP contribution in [0.15, 0.2) is 64.0 Å². The lowest BCUT2D eigenvalue weighted by molar-refractivity contribution is 0.0941. The van der Waals surface area contributed by atoms with E-state index in [2.05, 4.69) is 22.4 Å². The highest BCUT2D eigenvalue weighted by Gasteiger charge is 2.17. The van der Waals surface area contributed by atoms with Gasteiger partial charge >= 0.3 is 0 Å². The summed E-state index contributed by atoms with van der Waals surface area (Å²) >= 11 is 2.93. The minimum atomic E-state index is -0.156. The Morgan fingerprint density at radius 3 is 2.67 bits per heavy atom. The van der Waals surface area contributed by atoms with Crippen molar-refractivity contribution >= 4 is 39.9 Å². The van der Waals surface area contributed by atoms with Gasteiger partial charge in [-0.25, -0.2) is 4.98 Å². The summed E-state index contributed by atoms with van der Waals surface area (Å²) in [4.78, 5) is 18.0. The Labute approximate surface area is 201 Å². The van der Waals surface area contributed by atoms with E-state index >= 15 is 0 Å². The number of hydrogen-bond donors (Lipinski definition) is 1. The molecule has 0 fully saturated rings. The fourth-order valence-corrected chi connectivity index (χ4v) is 5.13. The molecule has 2 aromatic heterocycles. The Bertz CT molecular complexity index is 1240. The summed E-state index contributed by atoms with van der Waals surface area (Å²) in [6.45, 7) is 6.75. The number of fused-ring (bicyclic) bond motifs is 1. The van der Waals surface area contributed by atoms with Gasteiger partial charge in [-0.15, -0.1) is 10.2 Å². The van der Waals surface area contributed by atoms with Gasteiger partial charge in [0, 0.05) is 5.39 Å². The summed E-state index contributed by atoms with van der Waals surface area (Å²) in [5.74, 6) is 0.708. The van der Waals surface area contributed by atoms with Crippen LogP contribution in [0.3, 0.4) is 0 Å². The molecule has 0 spiro atoms. The Kier molecular flexibility index (Phi) is 7.57. The van der Waals surface area contributed by atoms with Crippen LogP contribution < -0.4 is 10.1 Å². The summed E-state index contributed by atoms with van der Waals surface area (Å²) in [6, 6.07) is 17.3. The third-order valence-electron chi connectivity index (χ3n) is 5.13. The SMILES string of the molecule is CCCCOc1ccc([C@@H](C)NC(=O)c2cc(Sc3nnc(C)s3)nc3ccccc23)cc1. The fourth-order valence-electron chi connectivity index (χ4n) is 3.35. The first-order valence-corrected chi connectivity index (χ1v) is 12.6. The molecule has 1 atom stereocenters. The van der Waals surface area contributed by atoms with E-state index in [1.807, 2.05) is 68.4 Å². The molecule has 6 nitrogen and oxygen atoms in total. The molecule has 0 aliphatic rings. The Morgan fingerprint density at radius 1 is 1.15 bits per heavy atom. The molecule has 0 radical (unpaired) electrons. The maximum atomic E-state index is 13.3.